The molecule has 1 N–H and O–H groups in total. The minimum atomic E-state index is -3.68. The fourth-order valence-electron chi connectivity index (χ4n) is 3.71. The monoisotopic (exact) mass is 388 g/mol. The first kappa shape index (κ1) is 16.6. The van der Waals surface area contributed by atoms with Gasteiger partial charge in [0.1, 0.15) is 19.0 Å². The van der Waals surface area contributed by atoms with Crippen molar-refractivity contribution < 1.29 is 22.3 Å². The summed E-state index contributed by atoms with van der Waals surface area (Å²) in [4.78, 5) is 3.39. The van der Waals surface area contributed by atoms with E-state index in [1.807, 2.05) is 0 Å². The molecule has 0 radical (unpaired) electrons. The van der Waals surface area contributed by atoms with Gasteiger partial charge in [-0.1, -0.05) is 0 Å². The third-order valence-corrected chi connectivity index (χ3v) is 6.89. The number of aromatic nitrogens is 1. The van der Waals surface area contributed by atoms with Gasteiger partial charge in [0.25, 0.3) is 0 Å². The van der Waals surface area contributed by atoms with Crippen LogP contribution in [0.4, 0.5) is 4.39 Å². The van der Waals surface area contributed by atoms with Crippen molar-refractivity contribution in [1.29, 1.82) is 0 Å². The maximum Gasteiger partial charge on any atom is 0.243 e. The molecule has 3 aromatic rings. The molecule has 0 saturated heterocycles. The molecule has 6 nitrogen and oxygen atoms in total. The highest BCUT2D eigenvalue weighted by atomic mass is 32.2. The van der Waals surface area contributed by atoms with Crippen LogP contribution < -0.4 is 9.47 Å². The van der Waals surface area contributed by atoms with Crippen LogP contribution in [0.3, 0.4) is 0 Å². The fraction of sp³-hybridized carbons (Fsp3) is 0.263. The summed E-state index contributed by atoms with van der Waals surface area (Å²) in [6.07, 6.45) is 0.551. The minimum Gasteiger partial charge on any atom is -0.486 e. The number of sulfonamides is 1. The second-order valence-corrected chi connectivity index (χ2v) is 8.60. The van der Waals surface area contributed by atoms with E-state index < -0.39 is 10.0 Å². The number of ether oxygens (including phenoxy) is 2. The number of rotatable bonds is 2. The van der Waals surface area contributed by atoms with Gasteiger partial charge in [-0.05, 0) is 35.9 Å². The molecule has 27 heavy (non-hydrogen) atoms. The van der Waals surface area contributed by atoms with Gasteiger partial charge in [0.2, 0.25) is 10.0 Å². The third-order valence-electron chi connectivity index (χ3n) is 5.05. The van der Waals surface area contributed by atoms with E-state index in [0.717, 1.165) is 16.6 Å². The molecule has 3 heterocycles. The molecular formula is C19H17FN2O4S. The molecule has 140 valence electrons. The number of nitrogens with one attached hydrogen (secondary N) is 1. The van der Waals surface area contributed by atoms with Gasteiger partial charge in [0, 0.05) is 42.2 Å². The summed E-state index contributed by atoms with van der Waals surface area (Å²) in [6, 6.07) is 9.22. The van der Waals surface area contributed by atoms with E-state index >= 15 is 0 Å². The van der Waals surface area contributed by atoms with Crippen LogP contribution in [0, 0.1) is 5.82 Å². The summed E-state index contributed by atoms with van der Waals surface area (Å²) in [5, 5.41) is 0.855. The van der Waals surface area contributed by atoms with Crippen molar-refractivity contribution in [2.75, 3.05) is 19.8 Å². The molecule has 2 aromatic carbocycles. The molecule has 2 aliphatic rings. The molecule has 0 atom stereocenters. The Hall–Kier alpha value is -2.58. The third kappa shape index (κ3) is 2.67. The Morgan fingerprint density at radius 1 is 1.04 bits per heavy atom. The molecule has 0 unspecified atom stereocenters. The number of benzene rings is 2. The van der Waals surface area contributed by atoms with Gasteiger partial charge in [0.15, 0.2) is 11.5 Å². The van der Waals surface area contributed by atoms with E-state index in [2.05, 4.69) is 4.98 Å². The standard InChI is InChI=1S/C19H17FN2O4S/c20-12-1-3-14-15-11-22(6-5-16(15)21-17(14)9-12)27(23,24)13-2-4-18-19(10-13)26-8-7-25-18/h1-4,9-10,21H,5-8,11H2. The highest BCUT2D eigenvalue weighted by molar-refractivity contribution is 7.89. The summed E-state index contributed by atoms with van der Waals surface area (Å²) >= 11 is 0. The minimum absolute atomic E-state index is 0.182. The number of aromatic amines is 1. The zero-order chi connectivity index (χ0) is 18.6. The summed E-state index contributed by atoms with van der Waals surface area (Å²) < 4.78 is 52.2. The second kappa shape index (κ2) is 5.97. The molecule has 0 amide bonds. The first-order valence-electron chi connectivity index (χ1n) is 8.71. The van der Waals surface area contributed by atoms with Crippen molar-refractivity contribution in [1.82, 2.24) is 9.29 Å². The highest BCUT2D eigenvalue weighted by Crippen LogP contribution is 2.35. The smallest absolute Gasteiger partial charge is 0.243 e. The van der Waals surface area contributed by atoms with Crippen molar-refractivity contribution in [2.24, 2.45) is 0 Å². The Kier molecular flexibility index (Phi) is 3.66. The summed E-state index contributed by atoms with van der Waals surface area (Å²) in [5.74, 6) is 0.684. The fourth-order valence-corrected chi connectivity index (χ4v) is 5.13. The predicted molar refractivity (Wildman–Crippen MR) is 97.0 cm³/mol. The number of hydrogen-bond acceptors (Lipinski definition) is 4. The highest BCUT2D eigenvalue weighted by Gasteiger charge is 2.31. The lowest BCUT2D eigenvalue weighted by Gasteiger charge is -2.27. The quantitative estimate of drug-likeness (QED) is 0.733. The normalized spacial score (nSPS) is 17.1. The predicted octanol–water partition coefficient (Wildman–Crippen LogP) is 2.83. The topological polar surface area (TPSA) is 71.6 Å². The SMILES string of the molecule is O=S(=O)(c1ccc2c(c1)OCCO2)N1CCc2[nH]c3cc(F)ccc3c2C1. The molecule has 0 spiro atoms. The van der Waals surface area contributed by atoms with E-state index in [9.17, 15) is 12.8 Å². The zero-order valence-corrected chi connectivity index (χ0v) is 15.2. The van der Waals surface area contributed by atoms with Crippen LogP contribution in [0.15, 0.2) is 41.3 Å². The number of hydrogen-bond donors (Lipinski definition) is 1. The number of fused-ring (bicyclic) bond motifs is 4. The van der Waals surface area contributed by atoms with Crippen LogP contribution in [0.1, 0.15) is 11.3 Å². The van der Waals surface area contributed by atoms with Crippen molar-refractivity contribution in [3.8, 4) is 11.5 Å². The van der Waals surface area contributed by atoms with Crippen LogP contribution in [0.5, 0.6) is 11.5 Å². The molecule has 0 bridgehead atoms. The van der Waals surface area contributed by atoms with Gasteiger partial charge >= 0.3 is 0 Å². The van der Waals surface area contributed by atoms with Crippen LogP contribution in [0.2, 0.25) is 0 Å². The molecule has 0 saturated carbocycles. The molecular weight excluding hydrogens is 371 g/mol. The maximum atomic E-state index is 13.5. The van der Waals surface area contributed by atoms with Gasteiger partial charge in [0.05, 0.1) is 4.90 Å². The lowest BCUT2D eigenvalue weighted by molar-refractivity contribution is 0.171. The first-order chi connectivity index (χ1) is 13.0. The van der Waals surface area contributed by atoms with E-state index in [4.69, 9.17) is 9.47 Å². The van der Waals surface area contributed by atoms with E-state index in [1.54, 1.807) is 18.2 Å². The molecule has 0 aliphatic carbocycles. The Balaban J connectivity index is 1.51. The van der Waals surface area contributed by atoms with Gasteiger partial charge in [-0.2, -0.15) is 4.31 Å². The Labute approximate surface area is 155 Å². The molecule has 5 rings (SSSR count). The number of H-pyrrole nitrogens is 1. The summed E-state index contributed by atoms with van der Waals surface area (Å²) in [6.45, 7) is 1.46. The van der Waals surface area contributed by atoms with Crippen LogP contribution in [0.25, 0.3) is 10.9 Å². The van der Waals surface area contributed by atoms with Crippen LogP contribution in [-0.2, 0) is 23.0 Å². The Bertz CT molecular complexity index is 1160. The van der Waals surface area contributed by atoms with E-state index in [0.29, 0.717) is 43.2 Å². The van der Waals surface area contributed by atoms with E-state index in [-0.39, 0.29) is 17.3 Å². The molecule has 8 heteroatoms. The van der Waals surface area contributed by atoms with Crippen molar-refractivity contribution in [2.45, 2.75) is 17.9 Å². The van der Waals surface area contributed by atoms with E-state index in [1.165, 1.54) is 22.5 Å². The average molecular weight is 388 g/mol. The second-order valence-electron chi connectivity index (χ2n) is 6.67. The van der Waals surface area contributed by atoms with Gasteiger partial charge in [-0.15, -0.1) is 0 Å². The lowest BCUT2D eigenvalue weighted by Crippen LogP contribution is -2.35. The lowest BCUT2D eigenvalue weighted by atomic mass is 10.1. The van der Waals surface area contributed by atoms with Gasteiger partial charge < -0.3 is 14.5 Å². The molecule has 0 fully saturated rings. The largest absolute Gasteiger partial charge is 0.486 e. The number of halogens is 1. The van der Waals surface area contributed by atoms with Crippen molar-refractivity contribution in [3.05, 3.63) is 53.5 Å². The van der Waals surface area contributed by atoms with Gasteiger partial charge in [-0.3, -0.25) is 0 Å². The average Bonchev–Trinajstić information content (AvgIpc) is 3.04. The van der Waals surface area contributed by atoms with Gasteiger partial charge in [-0.25, -0.2) is 12.8 Å². The molecule has 1 aromatic heterocycles. The Morgan fingerprint density at radius 3 is 2.70 bits per heavy atom. The zero-order valence-electron chi connectivity index (χ0n) is 14.4. The first-order valence-corrected chi connectivity index (χ1v) is 10.2. The van der Waals surface area contributed by atoms with Crippen molar-refractivity contribution >= 4 is 20.9 Å². The molecule has 2 aliphatic heterocycles. The summed E-state index contributed by atoms with van der Waals surface area (Å²) in [5.41, 5.74) is 2.56. The van der Waals surface area contributed by atoms with Crippen LogP contribution >= 0.6 is 0 Å². The maximum absolute atomic E-state index is 13.5. The summed E-state index contributed by atoms with van der Waals surface area (Å²) in [7, 11) is -3.68. The number of nitrogens with zero attached hydrogens (tertiary/aromatic N) is 1. The Morgan fingerprint density at radius 2 is 1.85 bits per heavy atom. The van der Waals surface area contributed by atoms with Crippen molar-refractivity contribution in [3.63, 3.8) is 0 Å². The van der Waals surface area contributed by atoms with Crippen LogP contribution in [-0.4, -0.2) is 37.5 Å².